The van der Waals surface area contributed by atoms with Gasteiger partial charge in [0.05, 0.1) is 0 Å². The average Bonchev–Trinajstić information content (AvgIpc) is 2.41. The first kappa shape index (κ1) is 15.1. The molecule has 0 fully saturated rings. The molecule has 0 spiro atoms. The number of hydrogen-bond acceptors (Lipinski definition) is 2. The Hall–Kier alpha value is -0.970. The SMILES string of the molecule is C=C/C=C\N=C(C)CCC([I-]C)c1ccccn1. The van der Waals surface area contributed by atoms with E-state index in [1.54, 1.807) is 12.3 Å². The van der Waals surface area contributed by atoms with Crippen molar-refractivity contribution in [3.63, 3.8) is 0 Å². The molecule has 0 aromatic carbocycles. The number of halogens is 1. The second-order valence-corrected chi connectivity index (χ2v) is 6.67. The summed E-state index contributed by atoms with van der Waals surface area (Å²) < 4.78 is 0.638. The number of alkyl halides is 2. The monoisotopic (exact) mass is 355 g/mol. The van der Waals surface area contributed by atoms with Crippen LogP contribution in [0.15, 0.2) is 54.3 Å². The van der Waals surface area contributed by atoms with Crippen LogP contribution in [0.2, 0.25) is 0 Å². The first-order chi connectivity index (χ1) is 8.77. The van der Waals surface area contributed by atoms with Crippen molar-refractivity contribution in [2.75, 3.05) is 4.93 Å². The standard InChI is InChI=1S/C15H20IN2/c1-4-5-11-17-13(2)9-10-14(16-3)15-8-6-7-12-18-15/h4-8,11-12,14H,1,9-10H2,2-3H3/q-1/b11-5-,17-13?. The van der Waals surface area contributed by atoms with Crippen LogP contribution in [0.1, 0.15) is 29.4 Å². The zero-order chi connectivity index (χ0) is 13.2. The molecule has 1 heterocycles. The minimum atomic E-state index is 0.162. The van der Waals surface area contributed by atoms with E-state index in [0.29, 0.717) is 3.92 Å². The van der Waals surface area contributed by atoms with Crippen LogP contribution in [0.25, 0.3) is 0 Å². The molecule has 0 amide bonds. The Balaban J connectivity index is 2.52. The molecule has 1 atom stereocenters. The number of rotatable bonds is 7. The Labute approximate surface area is 120 Å². The van der Waals surface area contributed by atoms with Gasteiger partial charge in [0.15, 0.2) is 0 Å². The Morgan fingerprint density at radius 1 is 1.56 bits per heavy atom. The third-order valence-corrected chi connectivity index (χ3v) is 5.31. The van der Waals surface area contributed by atoms with Crippen LogP contribution in [-0.4, -0.2) is 15.6 Å². The van der Waals surface area contributed by atoms with Gasteiger partial charge in [0.1, 0.15) is 0 Å². The van der Waals surface area contributed by atoms with Crippen LogP contribution in [0, 0.1) is 0 Å². The van der Waals surface area contributed by atoms with Crippen molar-refractivity contribution in [3.8, 4) is 0 Å². The van der Waals surface area contributed by atoms with E-state index in [2.05, 4.69) is 40.5 Å². The fourth-order valence-corrected chi connectivity index (χ4v) is 3.50. The van der Waals surface area contributed by atoms with Crippen molar-refractivity contribution in [2.24, 2.45) is 4.99 Å². The number of nitrogens with zero attached hydrogens (tertiary/aromatic N) is 2. The third kappa shape index (κ3) is 5.58. The molecule has 1 unspecified atom stereocenters. The number of hydrogen-bond donors (Lipinski definition) is 0. The summed E-state index contributed by atoms with van der Waals surface area (Å²) in [6, 6.07) is 6.18. The van der Waals surface area contributed by atoms with Crippen LogP contribution in [0.3, 0.4) is 0 Å². The molecule has 0 N–H and O–H groups in total. The molecule has 0 radical (unpaired) electrons. The minimum absolute atomic E-state index is 0.162. The summed E-state index contributed by atoms with van der Waals surface area (Å²) in [6.45, 7) is 5.70. The van der Waals surface area contributed by atoms with Gasteiger partial charge in [-0.05, 0) is 0 Å². The maximum atomic E-state index is 4.46. The van der Waals surface area contributed by atoms with Crippen LogP contribution in [0.4, 0.5) is 0 Å². The average molecular weight is 355 g/mol. The van der Waals surface area contributed by atoms with Crippen molar-refractivity contribution < 1.29 is 21.2 Å². The van der Waals surface area contributed by atoms with E-state index in [0.717, 1.165) is 12.8 Å². The quantitative estimate of drug-likeness (QED) is 0.307. The van der Waals surface area contributed by atoms with Crippen LogP contribution >= 0.6 is 0 Å². The van der Waals surface area contributed by atoms with Gasteiger partial charge in [0, 0.05) is 0 Å². The number of aliphatic imine (C=N–C) groups is 1. The molecule has 1 rings (SSSR count). The number of allylic oxidation sites excluding steroid dienone is 2. The molecule has 0 saturated heterocycles. The van der Waals surface area contributed by atoms with Gasteiger partial charge < -0.3 is 0 Å². The molecule has 0 aliphatic carbocycles. The molecular weight excluding hydrogens is 335 g/mol. The third-order valence-electron chi connectivity index (χ3n) is 2.55. The summed E-state index contributed by atoms with van der Waals surface area (Å²) in [7, 11) is 0. The van der Waals surface area contributed by atoms with E-state index in [9.17, 15) is 0 Å². The van der Waals surface area contributed by atoms with Gasteiger partial charge in [-0.1, -0.05) is 0 Å². The fourth-order valence-electron chi connectivity index (χ4n) is 1.56. The van der Waals surface area contributed by atoms with Gasteiger partial charge in [-0.2, -0.15) is 0 Å². The van der Waals surface area contributed by atoms with Gasteiger partial charge in [-0.15, -0.1) is 0 Å². The first-order valence-corrected chi connectivity index (χ1v) is 9.38. The van der Waals surface area contributed by atoms with Gasteiger partial charge in [-0.3, -0.25) is 0 Å². The summed E-state index contributed by atoms with van der Waals surface area (Å²) >= 11 is 0.162. The van der Waals surface area contributed by atoms with Gasteiger partial charge in [0.25, 0.3) is 0 Å². The normalized spacial score (nSPS) is 14.0. The van der Waals surface area contributed by atoms with Gasteiger partial charge in [-0.25, -0.2) is 0 Å². The zero-order valence-corrected chi connectivity index (χ0v) is 13.2. The second kappa shape index (κ2) is 9.03. The van der Waals surface area contributed by atoms with E-state index in [1.807, 2.05) is 18.3 Å². The maximum absolute atomic E-state index is 4.46. The van der Waals surface area contributed by atoms with Gasteiger partial charge >= 0.3 is 121 Å². The van der Waals surface area contributed by atoms with E-state index in [4.69, 9.17) is 0 Å². The van der Waals surface area contributed by atoms with E-state index >= 15 is 0 Å². The summed E-state index contributed by atoms with van der Waals surface area (Å²) in [4.78, 5) is 11.2. The van der Waals surface area contributed by atoms with Crippen molar-refractivity contribution >= 4 is 5.71 Å². The fraction of sp³-hybridized carbons (Fsp3) is 0.333. The predicted molar refractivity (Wildman–Crippen MR) is 74.6 cm³/mol. The Morgan fingerprint density at radius 3 is 3.00 bits per heavy atom. The summed E-state index contributed by atoms with van der Waals surface area (Å²) in [5, 5.41) is 0. The van der Waals surface area contributed by atoms with E-state index < -0.39 is 0 Å². The van der Waals surface area contributed by atoms with Crippen molar-refractivity contribution in [3.05, 3.63) is 55.0 Å². The Kier molecular flexibility index (Phi) is 7.57. The van der Waals surface area contributed by atoms with Crippen LogP contribution in [0.5, 0.6) is 0 Å². The molecule has 0 saturated carbocycles. The molecule has 0 aliphatic rings. The van der Waals surface area contributed by atoms with E-state index in [-0.39, 0.29) is 21.2 Å². The van der Waals surface area contributed by atoms with Crippen LogP contribution in [-0.2, 0) is 0 Å². The second-order valence-electron chi connectivity index (χ2n) is 3.92. The van der Waals surface area contributed by atoms with Crippen molar-refractivity contribution in [1.82, 2.24) is 4.98 Å². The molecule has 1 aromatic rings. The summed E-state index contributed by atoms with van der Waals surface area (Å²) in [5.74, 6) is 0. The molecular formula is C15H20IN2-. The molecule has 2 nitrogen and oxygen atoms in total. The van der Waals surface area contributed by atoms with Crippen molar-refractivity contribution in [1.29, 1.82) is 0 Å². The summed E-state index contributed by atoms with van der Waals surface area (Å²) in [5.41, 5.74) is 2.41. The van der Waals surface area contributed by atoms with Gasteiger partial charge in [0.2, 0.25) is 0 Å². The molecule has 3 heteroatoms. The Bertz CT molecular complexity index is 410. The topological polar surface area (TPSA) is 25.2 Å². The van der Waals surface area contributed by atoms with Crippen molar-refractivity contribution in [2.45, 2.75) is 23.7 Å². The zero-order valence-electron chi connectivity index (χ0n) is 11.0. The van der Waals surface area contributed by atoms with E-state index in [1.165, 1.54) is 11.4 Å². The summed E-state index contributed by atoms with van der Waals surface area (Å²) in [6.07, 6.45) is 9.47. The first-order valence-electron chi connectivity index (χ1n) is 5.97. The van der Waals surface area contributed by atoms with Crippen LogP contribution < -0.4 is 21.2 Å². The molecule has 0 bridgehead atoms. The Morgan fingerprint density at radius 2 is 2.39 bits per heavy atom. The number of aromatic nitrogens is 1. The molecule has 98 valence electrons. The molecule has 18 heavy (non-hydrogen) atoms. The predicted octanol–water partition coefficient (Wildman–Crippen LogP) is 0.782. The molecule has 1 aromatic heterocycles. The molecule has 0 aliphatic heterocycles. The number of pyridine rings is 1.